The van der Waals surface area contributed by atoms with E-state index in [9.17, 15) is 9.65 Å². The van der Waals surface area contributed by atoms with Crippen LogP contribution in [0.5, 0.6) is 0 Å². The van der Waals surface area contributed by atoms with Crippen LogP contribution < -0.4 is 10.6 Å². The molecule has 0 radical (unpaired) electrons. The van der Waals surface area contributed by atoms with Crippen molar-refractivity contribution in [1.29, 1.82) is 5.26 Å². The SMILES string of the molecule is CC.CN1CCC[C@]12CCN(c1ncc3c4c(c(-c5ncc(F)c6sc(N)c(C#N)c56)c(F)c3n1)COC4)C2. The molecule has 0 amide bonds. The van der Waals surface area contributed by atoms with Gasteiger partial charge in [-0.15, -0.1) is 11.3 Å². The molecule has 3 aliphatic heterocycles. The zero-order valence-corrected chi connectivity index (χ0v) is 23.0. The number of likely N-dealkylation sites (tertiary alicyclic amines) is 1. The van der Waals surface area contributed by atoms with Crippen molar-refractivity contribution in [2.75, 3.05) is 37.3 Å². The summed E-state index contributed by atoms with van der Waals surface area (Å²) in [5, 5.41) is 10.7. The van der Waals surface area contributed by atoms with E-state index in [0.717, 1.165) is 55.6 Å². The molecule has 202 valence electrons. The van der Waals surface area contributed by atoms with Crippen LogP contribution in [0.25, 0.3) is 32.2 Å². The first-order valence-electron chi connectivity index (χ1n) is 13.2. The van der Waals surface area contributed by atoms with Gasteiger partial charge in [0, 0.05) is 41.2 Å². The fourth-order valence-electron chi connectivity index (χ4n) is 6.31. The van der Waals surface area contributed by atoms with Crippen LogP contribution in [0.4, 0.5) is 19.7 Å². The Morgan fingerprint density at radius 2 is 1.92 bits per heavy atom. The number of aromatic nitrogens is 3. The maximum absolute atomic E-state index is 16.5. The topological polar surface area (TPSA) is 104 Å². The van der Waals surface area contributed by atoms with Crippen molar-refractivity contribution in [3.63, 3.8) is 0 Å². The fourth-order valence-corrected chi connectivity index (χ4v) is 7.23. The molecule has 0 unspecified atom stereocenters. The maximum Gasteiger partial charge on any atom is 0.226 e. The summed E-state index contributed by atoms with van der Waals surface area (Å²) in [6.45, 7) is 7.13. The quantitative estimate of drug-likeness (QED) is 0.356. The molecule has 4 aromatic rings. The standard InChI is InChI=1S/C26H23F2N7OS.C2H6/c1-34-5-2-3-26(34)4-6-35(12-26)25-32-8-14-15-10-36-11-16(15)18(20(28)21(14)33-25)22-19-13(7-29)24(30)37-23(19)17(27)9-31-22;1-2/h8-9H,2-6,10-12,30H2,1H3;1-2H3/t26-;/m1./s1. The number of nitriles is 1. The average Bonchev–Trinajstić information content (AvgIpc) is 3.74. The van der Waals surface area contributed by atoms with Crippen LogP contribution in [0.2, 0.25) is 0 Å². The molecular formula is C28H29F2N7OS. The van der Waals surface area contributed by atoms with Crippen molar-refractivity contribution >= 4 is 43.3 Å². The molecule has 1 atom stereocenters. The van der Waals surface area contributed by atoms with Crippen molar-refractivity contribution in [3.8, 4) is 17.3 Å². The third kappa shape index (κ3) is 3.77. The Labute approximate surface area is 229 Å². The highest BCUT2D eigenvalue weighted by atomic mass is 32.1. The predicted octanol–water partition coefficient (Wildman–Crippen LogP) is 5.37. The van der Waals surface area contributed by atoms with Gasteiger partial charge in [-0.2, -0.15) is 5.26 Å². The number of anilines is 2. The summed E-state index contributed by atoms with van der Waals surface area (Å²) < 4.78 is 37.0. The van der Waals surface area contributed by atoms with Crippen LogP contribution >= 0.6 is 11.3 Å². The first-order valence-corrected chi connectivity index (χ1v) is 14.0. The molecule has 2 fully saturated rings. The van der Waals surface area contributed by atoms with E-state index in [4.69, 9.17) is 15.5 Å². The average molecular weight is 550 g/mol. The van der Waals surface area contributed by atoms with E-state index in [2.05, 4.69) is 26.8 Å². The molecule has 7 rings (SSSR count). The molecule has 2 saturated heterocycles. The number of halogens is 2. The number of hydrogen-bond donors (Lipinski definition) is 1. The van der Waals surface area contributed by atoms with Crippen LogP contribution in [0.1, 0.15) is 49.8 Å². The van der Waals surface area contributed by atoms with Crippen molar-refractivity contribution in [2.45, 2.75) is 51.9 Å². The Hall–Kier alpha value is -3.46. The number of ether oxygens (including phenoxy) is 1. The van der Waals surface area contributed by atoms with Gasteiger partial charge in [0.1, 0.15) is 16.6 Å². The van der Waals surface area contributed by atoms with E-state index in [0.29, 0.717) is 16.9 Å². The second-order valence-electron chi connectivity index (χ2n) is 10.1. The Morgan fingerprint density at radius 3 is 2.67 bits per heavy atom. The molecule has 1 aromatic carbocycles. The van der Waals surface area contributed by atoms with Crippen molar-refractivity contribution in [1.82, 2.24) is 19.9 Å². The predicted molar refractivity (Wildman–Crippen MR) is 148 cm³/mol. The van der Waals surface area contributed by atoms with E-state index in [1.165, 1.54) is 6.42 Å². The molecule has 6 heterocycles. The summed E-state index contributed by atoms with van der Waals surface area (Å²) in [5.74, 6) is -0.692. The van der Waals surface area contributed by atoms with Gasteiger partial charge in [0.05, 0.1) is 35.4 Å². The highest BCUT2D eigenvalue weighted by molar-refractivity contribution is 7.23. The zero-order chi connectivity index (χ0) is 27.5. The molecule has 2 N–H and O–H groups in total. The van der Waals surface area contributed by atoms with Crippen LogP contribution in [-0.4, -0.2) is 52.1 Å². The Balaban J connectivity index is 0.00000135. The molecule has 39 heavy (non-hydrogen) atoms. The number of nitrogens with two attached hydrogens (primary N) is 1. The summed E-state index contributed by atoms with van der Waals surface area (Å²) >= 11 is 0.960. The Kier molecular flexibility index (Phi) is 6.37. The minimum Gasteiger partial charge on any atom is -0.389 e. The molecule has 0 saturated carbocycles. The number of benzene rings is 1. The van der Waals surface area contributed by atoms with Gasteiger partial charge in [0.2, 0.25) is 5.95 Å². The van der Waals surface area contributed by atoms with E-state index in [-0.39, 0.29) is 56.2 Å². The summed E-state index contributed by atoms with van der Waals surface area (Å²) in [7, 11) is 2.16. The van der Waals surface area contributed by atoms with Crippen LogP contribution in [0, 0.1) is 23.0 Å². The number of pyridine rings is 1. The number of fused-ring (bicyclic) bond motifs is 4. The van der Waals surface area contributed by atoms with Crippen LogP contribution in [-0.2, 0) is 18.0 Å². The number of likely N-dealkylation sites (N-methyl/N-ethyl adjacent to an activating group) is 1. The fraction of sp³-hybridized carbons (Fsp3) is 0.429. The van der Waals surface area contributed by atoms with Crippen molar-refractivity contribution in [3.05, 3.63) is 40.7 Å². The number of hydrogen-bond acceptors (Lipinski definition) is 9. The zero-order valence-electron chi connectivity index (χ0n) is 22.1. The first kappa shape index (κ1) is 25.8. The molecule has 8 nitrogen and oxygen atoms in total. The Bertz CT molecular complexity index is 1670. The van der Waals surface area contributed by atoms with Gasteiger partial charge < -0.3 is 15.4 Å². The van der Waals surface area contributed by atoms with Crippen LogP contribution in [0.3, 0.4) is 0 Å². The summed E-state index contributed by atoms with van der Waals surface area (Å²) in [6, 6.07) is 2.04. The first-order chi connectivity index (χ1) is 18.9. The van der Waals surface area contributed by atoms with Gasteiger partial charge in [-0.1, -0.05) is 13.8 Å². The molecule has 0 aliphatic carbocycles. The molecule has 0 bridgehead atoms. The van der Waals surface area contributed by atoms with Gasteiger partial charge in [0.25, 0.3) is 0 Å². The highest BCUT2D eigenvalue weighted by Crippen LogP contribution is 2.45. The minimum atomic E-state index is -0.601. The smallest absolute Gasteiger partial charge is 0.226 e. The van der Waals surface area contributed by atoms with Gasteiger partial charge >= 0.3 is 0 Å². The number of thiophene rings is 1. The largest absolute Gasteiger partial charge is 0.389 e. The third-order valence-electron chi connectivity index (χ3n) is 8.29. The maximum atomic E-state index is 16.5. The van der Waals surface area contributed by atoms with Crippen LogP contribution in [0.15, 0.2) is 12.4 Å². The number of nitrogens with zero attached hydrogens (tertiary/aromatic N) is 6. The monoisotopic (exact) mass is 549 g/mol. The Morgan fingerprint density at radius 1 is 1.13 bits per heavy atom. The van der Waals surface area contributed by atoms with E-state index >= 15 is 4.39 Å². The van der Waals surface area contributed by atoms with Gasteiger partial charge in [0.15, 0.2) is 11.6 Å². The summed E-state index contributed by atoms with van der Waals surface area (Å²) in [4.78, 5) is 18.2. The molecule has 3 aromatic heterocycles. The minimum absolute atomic E-state index is 0.0978. The lowest BCUT2D eigenvalue weighted by molar-refractivity contribution is 0.135. The van der Waals surface area contributed by atoms with E-state index in [1.807, 2.05) is 19.9 Å². The van der Waals surface area contributed by atoms with Gasteiger partial charge in [-0.25, -0.2) is 18.7 Å². The van der Waals surface area contributed by atoms with Gasteiger partial charge in [-0.3, -0.25) is 9.88 Å². The molecule has 1 spiro atoms. The third-order valence-corrected chi connectivity index (χ3v) is 9.32. The van der Waals surface area contributed by atoms with Gasteiger partial charge in [-0.05, 0) is 44.0 Å². The normalized spacial score (nSPS) is 20.6. The molecule has 3 aliphatic rings. The van der Waals surface area contributed by atoms with Crippen molar-refractivity contribution in [2.24, 2.45) is 0 Å². The highest BCUT2D eigenvalue weighted by Gasteiger charge is 2.45. The second-order valence-corrected chi connectivity index (χ2v) is 11.2. The number of rotatable bonds is 2. The lowest BCUT2D eigenvalue weighted by Crippen LogP contribution is -2.43. The van der Waals surface area contributed by atoms with E-state index in [1.54, 1.807) is 6.20 Å². The molecular weight excluding hydrogens is 520 g/mol. The summed E-state index contributed by atoms with van der Waals surface area (Å²) in [5.41, 5.74) is 8.16. The lowest BCUT2D eigenvalue weighted by atomic mass is 9.94. The lowest BCUT2D eigenvalue weighted by Gasteiger charge is -2.31. The second kappa shape index (κ2) is 9.62. The molecule has 11 heteroatoms. The van der Waals surface area contributed by atoms with E-state index < -0.39 is 11.6 Å². The van der Waals surface area contributed by atoms with Crippen molar-refractivity contribution < 1.29 is 13.5 Å². The summed E-state index contributed by atoms with van der Waals surface area (Å²) in [6.07, 6.45) is 6.05. The number of nitrogen functional groups attached to an aromatic ring is 1.